The van der Waals surface area contributed by atoms with E-state index in [4.69, 9.17) is 28.5 Å². The average molecular weight is 305 g/mol. The Hall–Kier alpha value is -2.02. The number of hydrogen-bond acceptors (Lipinski definition) is 2. The summed E-state index contributed by atoms with van der Waals surface area (Å²) in [6, 6.07) is 13.7. The highest BCUT2D eigenvalue weighted by Crippen LogP contribution is 2.22. The number of nitrogens with one attached hydrogen (secondary N) is 1. The van der Waals surface area contributed by atoms with E-state index < -0.39 is 0 Å². The summed E-state index contributed by atoms with van der Waals surface area (Å²) < 4.78 is 0. The minimum Gasteiger partial charge on any atom is -0.322 e. The van der Waals surface area contributed by atoms with Gasteiger partial charge in [0.15, 0.2) is 0 Å². The Balaban J connectivity index is 2.13. The van der Waals surface area contributed by atoms with Gasteiger partial charge in [0.25, 0.3) is 5.91 Å². The molecule has 2 aromatic carbocycles. The Morgan fingerprint density at radius 1 is 1.10 bits per heavy atom. The zero-order chi connectivity index (χ0) is 14.5. The molecule has 0 aliphatic rings. The molecule has 0 fully saturated rings. The van der Waals surface area contributed by atoms with Crippen LogP contribution in [0.1, 0.15) is 15.9 Å². The minimum atomic E-state index is -0.258. The van der Waals surface area contributed by atoms with Gasteiger partial charge in [0.2, 0.25) is 0 Å². The zero-order valence-corrected chi connectivity index (χ0v) is 11.9. The molecule has 0 radical (unpaired) electrons. The molecule has 5 heteroatoms. The smallest absolute Gasteiger partial charge is 0.255 e. The number of hydrogen-bond donors (Lipinski definition) is 1. The molecule has 0 atom stereocenters. The number of amides is 1. The third-order valence-electron chi connectivity index (χ3n) is 2.62. The molecule has 1 amide bonds. The molecule has 1 N–H and O–H groups in total. The predicted octanol–water partition coefficient (Wildman–Crippen LogP) is 4.31. The first-order chi connectivity index (χ1) is 9.58. The molecule has 2 aromatic rings. The number of carbonyl (C=O) groups is 1. The Morgan fingerprint density at radius 2 is 1.70 bits per heavy atom. The van der Waals surface area contributed by atoms with E-state index in [9.17, 15) is 4.79 Å². The number of rotatable bonds is 3. The van der Waals surface area contributed by atoms with Crippen molar-refractivity contribution in [1.82, 2.24) is 0 Å². The lowest BCUT2D eigenvalue weighted by molar-refractivity contribution is 0.102. The normalized spacial score (nSPS) is 9.85. The van der Waals surface area contributed by atoms with Crippen LogP contribution in [0.5, 0.6) is 0 Å². The first kappa shape index (κ1) is 14.4. The summed E-state index contributed by atoms with van der Waals surface area (Å²) in [5.41, 5.74) is 1.91. The zero-order valence-electron chi connectivity index (χ0n) is 10.4. The standard InChI is InChI=1S/C15H10Cl2N2O/c16-12-7-13(17)9-14(8-12)19-15(20)11-3-1-10(2-4-11)5-6-18/h1-4,7-9H,5H2,(H,19,20). The van der Waals surface area contributed by atoms with Crippen LogP contribution in [-0.2, 0) is 6.42 Å². The molecule has 0 unspecified atom stereocenters. The summed E-state index contributed by atoms with van der Waals surface area (Å²) in [4.78, 5) is 12.0. The SMILES string of the molecule is N#CCc1ccc(C(=O)Nc2cc(Cl)cc(Cl)c2)cc1. The fraction of sp³-hybridized carbons (Fsp3) is 0.0667. The van der Waals surface area contributed by atoms with Crippen molar-refractivity contribution in [2.75, 3.05) is 5.32 Å². The largest absolute Gasteiger partial charge is 0.322 e. The quantitative estimate of drug-likeness (QED) is 0.918. The van der Waals surface area contributed by atoms with Crippen LogP contribution < -0.4 is 5.32 Å². The monoisotopic (exact) mass is 304 g/mol. The lowest BCUT2D eigenvalue weighted by atomic mass is 10.1. The van der Waals surface area contributed by atoms with E-state index in [1.54, 1.807) is 42.5 Å². The van der Waals surface area contributed by atoms with E-state index in [2.05, 4.69) is 11.4 Å². The third-order valence-corrected chi connectivity index (χ3v) is 3.06. The van der Waals surface area contributed by atoms with E-state index in [1.807, 2.05) is 0 Å². The second kappa shape index (κ2) is 6.42. The van der Waals surface area contributed by atoms with E-state index in [0.29, 0.717) is 27.7 Å². The average Bonchev–Trinajstić information content (AvgIpc) is 2.38. The summed E-state index contributed by atoms with van der Waals surface area (Å²) >= 11 is 11.7. The van der Waals surface area contributed by atoms with Gasteiger partial charge >= 0.3 is 0 Å². The molecule has 0 aromatic heterocycles. The maximum Gasteiger partial charge on any atom is 0.255 e. The molecule has 20 heavy (non-hydrogen) atoms. The molecule has 0 bridgehead atoms. The molecule has 0 aliphatic carbocycles. The summed E-state index contributed by atoms with van der Waals surface area (Å²) in [5, 5.41) is 12.2. The van der Waals surface area contributed by atoms with Gasteiger partial charge in [-0.1, -0.05) is 35.3 Å². The second-order valence-electron chi connectivity index (χ2n) is 4.14. The fourth-order valence-corrected chi connectivity index (χ4v) is 2.22. The van der Waals surface area contributed by atoms with Crippen LogP contribution in [0.4, 0.5) is 5.69 Å². The Bertz CT molecular complexity index is 655. The van der Waals surface area contributed by atoms with Crippen LogP contribution >= 0.6 is 23.2 Å². The van der Waals surface area contributed by atoms with Crippen LogP contribution in [0.25, 0.3) is 0 Å². The van der Waals surface area contributed by atoms with Gasteiger partial charge in [0, 0.05) is 21.3 Å². The van der Waals surface area contributed by atoms with Crippen LogP contribution in [0.3, 0.4) is 0 Å². The lowest BCUT2D eigenvalue weighted by Crippen LogP contribution is -2.11. The van der Waals surface area contributed by atoms with Crippen LogP contribution in [0, 0.1) is 11.3 Å². The van der Waals surface area contributed by atoms with E-state index in [-0.39, 0.29) is 5.91 Å². The third kappa shape index (κ3) is 3.74. The molecule has 0 aliphatic heterocycles. The molecule has 3 nitrogen and oxygen atoms in total. The van der Waals surface area contributed by atoms with Gasteiger partial charge in [-0.25, -0.2) is 0 Å². The maximum atomic E-state index is 12.0. The Kier molecular flexibility index (Phi) is 4.62. The number of nitrogens with zero attached hydrogens (tertiary/aromatic N) is 1. The van der Waals surface area contributed by atoms with Gasteiger partial charge in [0.1, 0.15) is 0 Å². The number of nitriles is 1. The van der Waals surface area contributed by atoms with Crippen molar-refractivity contribution in [2.45, 2.75) is 6.42 Å². The highest BCUT2D eigenvalue weighted by atomic mass is 35.5. The van der Waals surface area contributed by atoms with Gasteiger partial charge in [-0.05, 0) is 35.9 Å². The highest BCUT2D eigenvalue weighted by Gasteiger charge is 2.07. The molecule has 0 saturated carbocycles. The fourth-order valence-electron chi connectivity index (χ4n) is 1.69. The summed E-state index contributed by atoms with van der Waals surface area (Å²) in [5.74, 6) is -0.258. The van der Waals surface area contributed by atoms with Crippen molar-refractivity contribution in [1.29, 1.82) is 5.26 Å². The molecular weight excluding hydrogens is 295 g/mol. The van der Waals surface area contributed by atoms with Crippen molar-refractivity contribution in [3.8, 4) is 6.07 Å². The molecule has 2 rings (SSSR count). The van der Waals surface area contributed by atoms with Crippen LogP contribution in [-0.4, -0.2) is 5.91 Å². The van der Waals surface area contributed by atoms with E-state index in [1.165, 1.54) is 0 Å². The Labute approximate surface area is 126 Å². The molecule has 100 valence electrons. The van der Waals surface area contributed by atoms with E-state index >= 15 is 0 Å². The summed E-state index contributed by atoms with van der Waals surface area (Å²) in [6.07, 6.45) is 0.325. The van der Waals surface area contributed by atoms with Crippen molar-refractivity contribution >= 4 is 34.8 Å². The first-order valence-corrected chi connectivity index (χ1v) is 6.57. The Morgan fingerprint density at radius 3 is 2.25 bits per heavy atom. The predicted molar refractivity (Wildman–Crippen MR) is 80.2 cm³/mol. The molecule has 0 spiro atoms. The number of anilines is 1. The van der Waals surface area contributed by atoms with Gasteiger partial charge in [-0.3, -0.25) is 4.79 Å². The molecule has 0 heterocycles. The van der Waals surface area contributed by atoms with Gasteiger partial charge in [0.05, 0.1) is 12.5 Å². The topological polar surface area (TPSA) is 52.9 Å². The van der Waals surface area contributed by atoms with Crippen molar-refractivity contribution < 1.29 is 4.79 Å². The van der Waals surface area contributed by atoms with Gasteiger partial charge in [-0.2, -0.15) is 5.26 Å². The van der Waals surface area contributed by atoms with E-state index in [0.717, 1.165) is 5.56 Å². The second-order valence-corrected chi connectivity index (χ2v) is 5.02. The van der Waals surface area contributed by atoms with Crippen LogP contribution in [0.15, 0.2) is 42.5 Å². The summed E-state index contributed by atoms with van der Waals surface area (Å²) in [7, 11) is 0. The molecular formula is C15H10Cl2N2O. The lowest BCUT2D eigenvalue weighted by Gasteiger charge is -2.07. The number of benzene rings is 2. The molecule has 0 saturated heterocycles. The van der Waals surface area contributed by atoms with Crippen molar-refractivity contribution in [3.63, 3.8) is 0 Å². The number of carbonyl (C=O) groups excluding carboxylic acids is 1. The highest BCUT2D eigenvalue weighted by molar-refractivity contribution is 6.35. The van der Waals surface area contributed by atoms with Gasteiger partial charge < -0.3 is 5.32 Å². The van der Waals surface area contributed by atoms with Crippen molar-refractivity contribution in [3.05, 3.63) is 63.6 Å². The van der Waals surface area contributed by atoms with Crippen LogP contribution in [0.2, 0.25) is 10.0 Å². The van der Waals surface area contributed by atoms with Gasteiger partial charge in [-0.15, -0.1) is 0 Å². The first-order valence-electron chi connectivity index (χ1n) is 5.82. The van der Waals surface area contributed by atoms with Crippen molar-refractivity contribution in [2.24, 2.45) is 0 Å². The number of halogens is 2. The summed E-state index contributed by atoms with van der Waals surface area (Å²) in [6.45, 7) is 0. The minimum absolute atomic E-state index is 0.258. The maximum absolute atomic E-state index is 12.0.